The molecule has 1 saturated heterocycles. The van der Waals surface area contributed by atoms with Gasteiger partial charge >= 0.3 is 0 Å². The molecule has 26 heavy (non-hydrogen) atoms. The smallest absolute Gasteiger partial charge is 0.208 e. The van der Waals surface area contributed by atoms with Crippen molar-refractivity contribution in [3.63, 3.8) is 0 Å². The molecular formula is C15H24F2IN5O2S. The Hall–Kier alpha value is -1.21. The number of nitrogens with zero attached hydrogens (tertiary/aromatic N) is 3. The van der Waals surface area contributed by atoms with Crippen molar-refractivity contribution >= 4 is 45.6 Å². The molecule has 1 aromatic rings. The van der Waals surface area contributed by atoms with E-state index in [4.69, 9.17) is 0 Å². The van der Waals surface area contributed by atoms with E-state index >= 15 is 0 Å². The van der Waals surface area contributed by atoms with E-state index in [0.29, 0.717) is 38.7 Å². The average molecular weight is 503 g/mol. The van der Waals surface area contributed by atoms with Crippen LogP contribution in [-0.2, 0) is 10.0 Å². The number of nitrogens with one attached hydrogen (secondary N) is 2. The summed E-state index contributed by atoms with van der Waals surface area (Å²) >= 11 is 0. The van der Waals surface area contributed by atoms with Gasteiger partial charge in [-0.2, -0.15) is 0 Å². The first-order chi connectivity index (χ1) is 11.8. The van der Waals surface area contributed by atoms with Gasteiger partial charge < -0.3 is 15.1 Å². The molecule has 0 aromatic heterocycles. The van der Waals surface area contributed by atoms with Crippen molar-refractivity contribution in [2.45, 2.75) is 0 Å². The van der Waals surface area contributed by atoms with Gasteiger partial charge in [0.1, 0.15) is 11.6 Å². The van der Waals surface area contributed by atoms with Crippen molar-refractivity contribution < 1.29 is 17.2 Å². The fourth-order valence-electron chi connectivity index (χ4n) is 2.63. The molecule has 0 amide bonds. The SMILES string of the molecule is CN=C(NCCNS(C)(=O)=O)N1CCN(c2cc(F)ccc2F)CC1.I. The number of sulfonamides is 1. The number of aliphatic imine (C=N–C) groups is 1. The minimum atomic E-state index is -3.22. The van der Waals surface area contributed by atoms with Crippen molar-refractivity contribution in [3.05, 3.63) is 29.8 Å². The van der Waals surface area contributed by atoms with E-state index < -0.39 is 21.7 Å². The molecule has 1 aliphatic heterocycles. The molecule has 0 bridgehead atoms. The lowest BCUT2D eigenvalue weighted by Crippen LogP contribution is -2.53. The van der Waals surface area contributed by atoms with Crippen LogP contribution in [0, 0.1) is 11.6 Å². The second-order valence-corrected chi connectivity index (χ2v) is 7.54. The van der Waals surface area contributed by atoms with Gasteiger partial charge in [-0.3, -0.25) is 4.99 Å². The molecule has 0 unspecified atom stereocenters. The first kappa shape index (κ1) is 22.8. The maximum atomic E-state index is 13.9. The Bertz CT molecular complexity index is 725. The summed E-state index contributed by atoms with van der Waals surface area (Å²) in [5.74, 6) is -0.256. The fourth-order valence-corrected chi connectivity index (χ4v) is 3.10. The van der Waals surface area contributed by atoms with E-state index in [9.17, 15) is 17.2 Å². The van der Waals surface area contributed by atoms with E-state index in [0.717, 1.165) is 18.4 Å². The lowest BCUT2D eigenvalue weighted by Gasteiger charge is -2.37. The molecule has 148 valence electrons. The highest BCUT2D eigenvalue weighted by Crippen LogP contribution is 2.21. The fraction of sp³-hybridized carbons (Fsp3) is 0.533. The van der Waals surface area contributed by atoms with Crippen LogP contribution in [0.2, 0.25) is 0 Å². The van der Waals surface area contributed by atoms with Crippen LogP contribution >= 0.6 is 24.0 Å². The maximum Gasteiger partial charge on any atom is 0.208 e. The zero-order valence-electron chi connectivity index (χ0n) is 14.7. The Morgan fingerprint density at radius 3 is 2.42 bits per heavy atom. The van der Waals surface area contributed by atoms with Gasteiger partial charge in [0.05, 0.1) is 11.9 Å². The number of anilines is 1. The lowest BCUT2D eigenvalue weighted by atomic mass is 10.2. The van der Waals surface area contributed by atoms with E-state index in [1.807, 2.05) is 4.90 Å². The lowest BCUT2D eigenvalue weighted by molar-refractivity contribution is 0.371. The second-order valence-electron chi connectivity index (χ2n) is 5.71. The number of halogens is 3. The van der Waals surface area contributed by atoms with Gasteiger partial charge in [0, 0.05) is 52.4 Å². The number of rotatable bonds is 5. The van der Waals surface area contributed by atoms with Crippen LogP contribution in [0.1, 0.15) is 0 Å². The van der Waals surface area contributed by atoms with Gasteiger partial charge in [0.25, 0.3) is 0 Å². The van der Waals surface area contributed by atoms with Crippen LogP contribution in [0.5, 0.6) is 0 Å². The van der Waals surface area contributed by atoms with Gasteiger partial charge in [0.2, 0.25) is 10.0 Å². The maximum absolute atomic E-state index is 13.9. The number of hydrogen-bond acceptors (Lipinski definition) is 4. The van der Waals surface area contributed by atoms with E-state index in [-0.39, 0.29) is 36.2 Å². The van der Waals surface area contributed by atoms with Gasteiger partial charge in [-0.1, -0.05) is 0 Å². The summed E-state index contributed by atoms with van der Waals surface area (Å²) in [6, 6.07) is 3.44. The monoisotopic (exact) mass is 503 g/mol. The molecule has 0 atom stereocenters. The first-order valence-corrected chi connectivity index (χ1v) is 9.79. The quantitative estimate of drug-likeness (QED) is 0.270. The molecule has 2 N–H and O–H groups in total. The van der Waals surface area contributed by atoms with Crippen molar-refractivity contribution in [2.24, 2.45) is 4.99 Å². The van der Waals surface area contributed by atoms with Gasteiger partial charge in [-0.25, -0.2) is 21.9 Å². The topological polar surface area (TPSA) is 77.0 Å². The number of hydrogen-bond donors (Lipinski definition) is 2. The van der Waals surface area contributed by atoms with E-state index in [1.165, 1.54) is 6.07 Å². The van der Waals surface area contributed by atoms with Crippen molar-refractivity contribution in [1.29, 1.82) is 0 Å². The predicted octanol–water partition coefficient (Wildman–Crippen LogP) is 0.829. The third-order valence-corrected chi connectivity index (χ3v) is 4.54. The molecule has 0 aliphatic carbocycles. The molecule has 1 fully saturated rings. The molecule has 0 radical (unpaired) electrons. The molecule has 0 saturated carbocycles. The van der Waals surface area contributed by atoms with Crippen LogP contribution in [0.4, 0.5) is 14.5 Å². The highest BCUT2D eigenvalue weighted by molar-refractivity contribution is 14.0. The summed E-state index contributed by atoms with van der Waals surface area (Å²) in [5, 5.41) is 3.08. The molecule has 7 nitrogen and oxygen atoms in total. The van der Waals surface area contributed by atoms with E-state index in [2.05, 4.69) is 15.0 Å². The molecule has 2 rings (SSSR count). The normalized spacial score (nSPS) is 15.6. The van der Waals surface area contributed by atoms with Crippen LogP contribution in [0.15, 0.2) is 23.2 Å². The molecule has 1 heterocycles. The number of guanidine groups is 1. The Morgan fingerprint density at radius 1 is 1.19 bits per heavy atom. The summed E-state index contributed by atoms with van der Waals surface area (Å²) in [6.45, 7) is 2.90. The molecule has 0 spiro atoms. The molecule has 1 aliphatic rings. The van der Waals surface area contributed by atoms with Gasteiger partial charge in [-0.15, -0.1) is 24.0 Å². The Labute approximate surface area is 169 Å². The Kier molecular flexibility index (Phi) is 8.96. The number of piperazine rings is 1. The van der Waals surface area contributed by atoms with Crippen LogP contribution in [0.3, 0.4) is 0 Å². The van der Waals surface area contributed by atoms with Gasteiger partial charge in [0.15, 0.2) is 5.96 Å². The predicted molar refractivity (Wildman–Crippen MR) is 110 cm³/mol. The summed E-state index contributed by atoms with van der Waals surface area (Å²) in [4.78, 5) is 7.97. The highest BCUT2D eigenvalue weighted by Gasteiger charge is 2.21. The second kappa shape index (κ2) is 10.2. The van der Waals surface area contributed by atoms with Crippen LogP contribution in [-0.4, -0.2) is 71.8 Å². The average Bonchev–Trinajstić information content (AvgIpc) is 2.56. The standard InChI is InChI=1S/C15H23F2N5O2S.HI/c1-18-15(19-5-6-20-25(2,23)24)22-9-7-21(8-10-22)14-11-12(16)3-4-13(14)17;/h3-4,11,20H,5-10H2,1-2H3,(H,18,19);1H. The van der Waals surface area contributed by atoms with Crippen LogP contribution < -0.4 is 14.9 Å². The van der Waals surface area contributed by atoms with Crippen molar-refractivity contribution in [1.82, 2.24) is 14.9 Å². The van der Waals surface area contributed by atoms with Crippen molar-refractivity contribution in [2.75, 3.05) is 57.5 Å². The van der Waals surface area contributed by atoms with Crippen molar-refractivity contribution in [3.8, 4) is 0 Å². The Morgan fingerprint density at radius 2 is 1.85 bits per heavy atom. The summed E-state index contributed by atoms with van der Waals surface area (Å²) in [7, 11) is -1.57. The zero-order chi connectivity index (χ0) is 18.4. The molecular weight excluding hydrogens is 479 g/mol. The summed E-state index contributed by atoms with van der Waals surface area (Å²) < 4.78 is 51.6. The number of benzene rings is 1. The first-order valence-electron chi connectivity index (χ1n) is 7.90. The minimum Gasteiger partial charge on any atom is -0.366 e. The molecule has 11 heteroatoms. The summed E-state index contributed by atoms with van der Waals surface area (Å²) in [6.07, 6.45) is 1.10. The highest BCUT2D eigenvalue weighted by atomic mass is 127. The van der Waals surface area contributed by atoms with E-state index in [1.54, 1.807) is 11.9 Å². The third-order valence-electron chi connectivity index (χ3n) is 3.81. The largest absolute Gasteiger partial charge is 0.366 e. The Balaban J connectivity index is 0.00000338. The molecule has 1 aromatic carbocycles. The van der Waals surface area contributed by atoms with Gasteiger partial charge in [-0.05, 0) is 12.1 Å². The van der Waals surface area contributed by atoms with Crippen LogP contribution in [0.25, 0.3) is 0 Å². The zero-order valence-corrected chi connectivity index (χ0v) is 17.9. The third kappa shape index (κ3) is 6.83. The summed E-state index contributed by atoms with van der Waals surface area (Å²) in [5.41, 5.74) is 0.264. The minimum absolute atomic E-state index is 0.